The zero-order valence-corrected chi connectivity index (χ0v) is 15.1. The van der Waals surface area contributed by atoms with Crippen molar-refractivity contribution in [3.63, 3.8) is 0 Å². The van der Waals surface area contributed by atoms with Crippen molar-refractivity contribution in [2.24, 2.45) is 0 Å². The highest BCUT2D eigenvalue weighted by Crippen LogP contribution is 2.20. The number of nitrogens with one attached hydrogen (secondary N) is 2. The van der Waals surface area contributed by atoms with Crippen molar-refractivity contribution in [1.29, 1.82) is 0 Å². The predicted molar refractivity (Wildman–Crippen MR) is 103 cm³/mol. The molecule has 1 fully saturated rings. The van der Waals surface area contributed by atoms with E-state index in [1.165, 1.54) is 5.56 Å². The van der Waals surface area contributed by atoms with E-state index in [1.807, 2.05) is 37.3 Å². The molecule has 1 saturated heterocycles. The number of hydrogen-bond acceptors (Lipinski definition) is 3. The Bertz CT molecular complexity index is 768. The molecule has 0 aromatic heterocycles. The zero-order chi connectivity index (χ0) is 17.6. The van der Waals surface area contributed by atoms with E-state index in [2.05, 4.69) is 35.8 Å². The number of Topliss-reactive ketones (excluding diaryl/α,β-unsaturated/α-hetero) is 1. The van der Waals surface area contributed by atoms with E-state index in [0.29, 0.717) is 6.42 Å². The second-order valence-corrected chi connectivity index (χ2v) is 6.72. The summed E-state index contributed by atoms with van der Waals surface area (Å²) in [4.78, 5) is 13.4. The summed E-state index contributed by atoms with van der Waals surface area (Å²) in [6.07, 6.45) is 2.86. The molecule has 0 radical (unpaired) electrons. The van der Waals surface area contributed by atoms with Crippen LogP contribution in [-0.4, -0.2) is 18.9 Å². The number of benzene rings is 2. The minimum absolute atomic E-state index is 0.109. The Balaban J connectivity index is 2.00. The van der Waals surface area contributed by atoms with Crippen molar-refractivity contribution in [3.05, 3.63) is 82.2 Å². The van der Waals surface area contributed by atoms with E-state index in [0.717, 1.165) is 54.0 Å². The first-order chi connectivity index (χ1) is 12.1. The van der Waals surface area contributed by atoms with E-state index in [-0.39, 0.29) is 5.78 Å². The lowest BCUT2D eigenvalue weighted by molar-refractivity contribution is 0.102. The lowest BCUT2D eigenvalue weighted by Crippen LogP contribution is -2.29. The van der Waals surface area contributed by atoms with Crippen LogP contribution in [0, 0.1) is 13.8 Å². The molecule has 0 atom stereocenters. The highest BCUT2D eigenvalue weighted by molar-refractivity contribution is 6.10. The van der Waals surface area contributed by atoms with Gasteiger partial charge in [-0.3, -0.25) is 4.79 Å². The van der Waals surface area contributed by atoms with Gasteiger partial charge >= 0.3 is 0 Å². The third-order valence-corrected chi connectivity index (χ3v) is 4.63. The molecule has 1 aliphatic rings. The molecule has 0 saturated carbocycles. The molecule has 0 bridgehead atoms. The molecule has 130 valence electrons. The van der Waals surface area contributed by atoms with Gasteiger partial charge < -0.3 is 10.6 Å². The van der Waals surface area contributed by atoms with Gasteiger partial charge in [-0.1, -0.05) is 54.1 Å². The fraction of sp³-hybridized carbons (Fsp3) is 0.318. The molecule has 3 rings (SSSR count). The molecular weight excluding hydrogens is 308 g/mol. The SMILES string of the molecule is Cc1ccc(C(=O)C(Cc2ccccc2)=C2NCCCCN2)c(C)c1. The Morgan fingerprint density at radius 2 is 1.64 bits per heavy atom. The van der Waals surface area contributed by atoms with Crippen molar-refractivity contribution in [3.8, 4) is 0 Å². The van der Waals surface area contributed by atoms with Crippen LogP contribution >= 0.6 is 0 Å². The average Bonchev–Trinajstić information content (AvgIpc) is 2.89. The molecule has 0 unspecified atom stereocenters. The second-order valence-electron chi connectivity index (χ2n) is 6.72. The number of carbonyl (C=O) groups excluding carboxylic acids is 1. The molecule has 25 heavy (non-hydrogen) atoms. The summed E-state index contributed by atoms with van der Waals surface area (Å²) in [7, 11) is 0. The number of allylic oxidation sites excluding steroid dienone is 1. The van der Waals surface area contributed by atoms with Crippen molar-refractivity contribution in [2.45, 2.75) is 33.1 Å². The van der Waals surface area contributed by atoms with Crippen LogP contribution in [-0.2, 0) is 6.42 Å². The highest BCUT2D eigenvalue weighted by Gasteiger charge is 2.20. The summed E-state index contributed by atoms with van der Waals surface area (Å²) >= 11 is 0. The van der Waals surface area contributed by atoms with E-state index in [9.17, 15) is 4.79 Å². The van der Waals surface area contributed by atoms with Gasteiger partial charge in [-0.25, -0.2) is 0 Å². The monoisotopic (exact) mass is 334 g/mol. The summed E-state index contributed by atoms with van der Waals surface area (Å²) in [5.41, 5.74) is 4.97. The van der Waals surface area contributed by atoms with Gasteiger partial charge in [0.1, 0.15) is 5.82 Å². The van der Waals surface area contributed by atoms with Crippen molar-refractivity contribution in [1.82, 2.24) is 10.6 Å². The quantitative estimate of drug-likeness (QED) is 0.658. The average molecular weight is 334 g/mol. The molecule has 0 aliphatic carbocycles. The van der Waals surface area contributed by atoms with E-state index >= 15 is 0 Å². The van der Waals surface area contributed by atoms with Crippen LogP contribution in [0.3, 0.4) is 0 Å². The Labute approximate surface area is 150 Å². The highest BCUT2D eigenvalue weighted by atomic mass is 16.1. The molecule has 1 aliphatic heterocycles. The van der Waals surface area contributed by atoms with Gasteiger partial charge in [0.15, 0.2) is 5.78 Å². The Hall–Kier alpha value is -2.55. The lowest BCUT2D eigenvalue weighted by atomic mass is 9.93. The predicted octanol–water partition coefficient (Wildman–Crippen LogP) is 3.91. The Morgan fingerprint density at radius 3 is 2.28 bits per heavy atom. The molecular formula is C22H26N2O. The maximum atomic E-state index is 13.4. The standard InChI is InChI=1S/C22H26N2O/c1-16-10-11-19(17(2)14-16)21(25)20(15-18-8-4-3-5-9-18)22-23-12-6-7-13-24-22/h3-5,8-11,14,23-24H,6-7,12-13,15H2,1-2H3. The molecule has 3 nitrogen and oxygen atoms in total. The summed E-state index contributed by atoms with van der Waals surface area (Å²) < 4.78 is 0. The summed E-state index contributed by atoms with van der Waals surface area (Å²) in [6.45, 7) is 5.87. The third-order valence-electron chi connectivity index (χ3n) is 4.63. The van der Waals surface area contributed by atoms with Crippen molar-refractivity contribution < 1.29 is 4.79 Å². The largest absolute Gasteiger partial charge is 0.372 e. The molecule has 2 aromatic carbocycles. The molecule has 1 heterocycles. The number of carbonyl (C=O) groups is 1. The summed E-state index contributed by atoms with van der Waals surface area (Å²) in [5, 5.41) is 6.86. The molecule has 2 N–H and O–H groups in total. The molecule has 0 spiro atoms. The van der Waals surface area contributed by atoms with Crippen LogP contribution < -0.4 is 10.6 Å². The summed E-state index contributed by atoms with van der Waals surface area (Å²) in [6, 6.07) is 16.2. The number of aryl methyl sites for hydroxylation is 2. The fourth-order valence-electron chi connectivity index (χ4n) is 3.27. The van der Waals surface area contributed by atoms with Crippen LogP contribution in [0.1, 0.15) is 39.9 Å². The van der Waals surface area contributed by atoms with Gasteiger partial charge in [-0.2, -0.15) is 0 Å². The zero-order valence-electron chi connectivity index (χ0n) is 15.1. The first-order valence-electron chi connectivity index (χ1n) is 9.02. The first-order valence-corrected chi connectivity index (χ1v) is 9.02. The van der Waals surface area contributed by atoms with Crippen LogP contribution in [0.15, 0.2) is 59.9 Å². The van der Waals surface area contributed by atoms with Gasteiger partial charge in [0.25, 0.3) is 0 Å². The minimum atomic E-state index is 0.109. The fourth-order valence-corrected chi connectivity index (χ4v) is 3.27. The smallest absolute Gasteiger partial charge is 0.193 e. The maximum absolute atomic E-state index is 13.4. The van der Waals surface area contributed by atoms with E-state index < -0.39 is 0 Å². The van der Waals surface area contributed by atoms with Crippen LogP contribution in [0.4, 0.5) is 0 Å². The Morgan fingerprint density at radius 1 is 0.960 bits per heavy atom. The van der Waals surface area contributed by atoms with E-state index in [4.69, 9.17) is 0 Å². The first kappa shape index (κ1) is 17.3. The second kappa shape index (κ2) is 8.02. The lowest BCUT2D eigenvalue weighted by Gasteiger charge is -2.17. The van der Waals surface area contributed by atoms with Crippen LogP contribution in [0.25, 0.3) is 0 Å². The van der Waals surface area contributed by atoms with Crippen molar-refractivity contribution in [2.75, 3.05) is 13.1 Å². The molecule has 0 amide bonds. The maximum Gasteiger partial charge on any atom is 0.193 e. The van der Waals surface area contributed by atoms with Crippen LogP contribution in [0.2, 0.25) is 0 Å². The third kappa shape index (κ3) is 4.30. The van der Waals surface area contributed by atoms with Gasteiger partial charge in [0.05, 0.1) is 0 Å². The number of ketones is 1. The van der Waals surface area contributed by atoms with Gasteiger partial charge in [-0.15, -0.1) is 0 Å². The summed E-state index contributed by atoms with van der Waals surface area (Å²) in [5.74, 6) is 1.00. The van der Waals surface area contributed by atoms with Gasteiger partial charge in [0.2, 0.25) is 0 Å². The van der Waals surface area contributed by atoms with E-state index in [1.54, 1.807) is 0 Å². The molecule has 2 aromatic rings. The molecule has 3 heteroatoms. The van der Waals surface area contributed by atoms with Gasteiger partial charge in [0, 0.05) is 30.6 Å². The van der Waals surface area contributed by atoms with Gasteiger partial charge in [-0.05, 0) is 37.8 Å². The van der Waals surface area contributed by atoms with Crippen LogP contribution in [0.5, 0.6) is 0 Å². The number of rotatable bonds is 4. The number of hydrogen-bond donors (Lipinski definition) is 2. The van der Waals surface area contributed by atoms with Crippen molar-refractivity contribution >= 4 is 5.78 Å². The topological polar surface area (TPSA) is 41.1 Å². The normalized spacial score (nSPS) is 14.2. The Kier molecular flexibility index (Phi) is 5.54. The minimum Gasteiger partial charge on any atom is -0.372 e.